The molecule has 0 N–H and O–H groups in total. The van der Waals surface area contributed by atoms with Crippen LogP contribution in [0.5, 0.6) is 0 Å². The second-order valence-electron chi connectivity index (χ2n) is 4.12. The van der Waals surface area contributed by atoms with E-state index in [1.165, 1.54) is 36.6 Å². The first kappa shape index (κ1) is 12.5. The first-order valence-electron chi connectivity index (χ1n) is 5.88. The molecule has 1 saturated carbocycles. The molecule has 0 radical (unpaired) electrons. The largest absolute Gasteiger partial charge is 0.299 e. The molecule has 0 unspecified atom stereocenters. The third kappa shape index (κ3) is 4.11. The molecule has 0 aromatic heterocycles. The lowest BCUT2D eigenvalue weighted by atomic mass is 10.4. The van der Waals surface area contributed by atoms with Crippen molar-refractivity contribution in [1.82, 2.24) is 4.90 Å². The SMILES string of the molecule is BrCCN(CCSc1ccccc1)C1CC1. The van der Waals surface area contributed by atoms with E-state index in [2.05, 4.69) is 51.2 Å². The van der Waals surface area contributed by atoms with Crippen molar-refractivity contribution >= 4 is 27.7 Å². The van der Waals surface area contributed by atoms with E-state index in [0.29, 0.717) is 0 Å². The number of rotatable bonds is 7. The van der Waals surface area contributed by atoms with E-state index < -0.39 is 0 Å². The van der Waals surface area contributed by atoms with Crippen molar-refractivity contribution in [2.24, 2.45) is 0 Å². The highest BCUT2D eigenvalue weighted by molar-refractivity contribution is 9.09. The second-order valence-corrected chi connectivity index (χ2v) is 6.08. The molecule has 1 fully saturated rings. The molecular formula is C13H18BrNS. The Labute approximate surface area is 111 Å². The van der Waals surface area contributed by atoms with Gasteiger partial charge in [-0.15, -0.1) is 11.8 Å². The molecule has 0 spiro atoms. The van der Waals surface area contributed by atoms with Crippen LogP contribution in [0.25, 0.3) is 0 Å². The quantitative estimate of drug-likeness (QED) is 0.559. The van der Waals surface area contributed by atoms with E-state index in [1.54, 1.807) is 0 Å². The smallest absolute Gasteiger partial charge is 0.0159 e. The van der Waals surface area contributed by atoms with Gasteiger partial charge in [-0.1, -0.05) is 34.1 Å². The van der Waals surface area contributed by atoms with Gasteiger partial charge in [0.2, 0.25) is 0 Å². The molecule has 0 aliphatic heterocycles. The lowest BCUT2D eigenvalue weighted by Gasteiger charge is -2.20. The number of hydrogen-bond acceptors (Lipinski definition) is 2. The van der Waals surface area contributed by atoms with Crippen LogP contribution in [0.2, 0.25) is 0 Å². The molecule has 16 heavy (non-hydrogen) atoms. The third-order valence-electron chi connectivity index (χ3n) is 2.83. The minimum Gasteiger partial charge on any atom is -0.299 e. The summed E-state index contributed by atoms with van der Waals surface area (Å²) >= 11 is 5.50. The molecule has 3 heteroatoms. The Hall–Kier alpha value is 0.0100. The third-order valence-corrected chi connectivity index (χ3v) is 4.17. The standard InChI is InChI=1S/C13H18BrNS/c14-8-9-15(12-6-7-12)10-11-16-13-4-2-1-3-5-13/h1-5,12H,6-11H2. The molecule has 0 bridgehead atoms. The molecule has 0 amide bonds. The van der Waals surface area contributed by atoms with Gasteiger partial charge in [0.05, 0.1) is 0 Å². The van der Waals surface area contributed by atoms with E-state index >= 15 is 0 Å². The lowest BCUT2D eigenvalue weighted by molar-refractivity contribution is 0.299. The van der Waals surface area contributed by atoms with Gasteiger partial charge >= 0.3 is 0 Å². The number of alkyl halides is 1. The molecule has 1 aliphatic rings. The van der Waals surface area contributed by atoms with Gasteiger partial charge in [0, 0.05) is 35.1 Å². The Kier molecular flexibility index (Phi) is 5.20. The Bertz CT molecular complexity index is 300. The van der Waals surface area contributed by atoms with E-state index in [4.69, 9.17) is 0 Å². The molecule has 0 atom stereocenters. The van der Waals surface area contributed by atoms with Crippen molar-refractivity contribution in [2.45, 2.75) is 23.8 Å². The van der Waals surface area contributed by atoms with Gasteiger partial charge in [-0.25, -0.2) is 0 Å². The average Bonchev–Trinajstić information content (AvgIpc) is 3.13. The molecule has 1 nitrogen and oxygen atoms in total. The van der Waals surface area contributed by atoms with Gasteiger partial charge < -0.3 is 0 Å². The number of nitrogens with zero attached hydrogens (tertiary/aromatic N) is 1. The fourth-order valence-electron chi connectivity index (χ4n) is 1.82. The molecule has 0 heterocycles. The number of hydrogen-bond donors (Lipinski definition) is 0. The summed E-state index contributed by atoms with van der Waals surface area (Å²) in [5.41, 5.74) is 0. The Morgan fingerprint density at radius 2 is 1.94 bits per heavy atom. The van der Waals surface area contributed by atoms with Crippen LogP contribution in [-0.4, -0.2) is 35.1 Å². The maximum absolute atomic E-state index is 3.53. The molecule has 2 rings (SSSR count). The average molecular weight is 300 g/mol. The highest BCUT2D eigenvalue weighted by Crippen LogP contribution is 2.27. The van der Waals surface area contributed by atoms with Crippen molar-refractivity contribution in [3.63, 3.8) is 0 Å². The molecule has 0 saturated heterocycles. The molecular weight excluding hydrogens is 282 g/mol. The molecule has 88 valence electrons. The van der Waals surface area contributed by atoms with Crippen LogP contribution in [0.1, 0.15) is 12.8 Å². The van der Waals surface area contributed by atoms with Crippen LogP contribution in [0.15, 0.2) is 35.2 Å². The van der Waals surface area contributed by atoms with Crippen LogP contribution < -0.4 is 0 Å². The minimum atomic E-state index is 0.883. The first-order chi connectivity index (χ1) is 7.90. The maximum Gasteiger partial charge on any atom is 0.0159 e. The number of benzene rings is 1. The highest BCUT2D eigenvalue weighted by Gasteiger charge is 2.27. The van der Waals surface area contributed by atoms with Crippen molar-refractivity contribution in [2.75, 3.05) is 24.2 Å². The van der Waals surface area contributed by atoms with Crippen LogP contribution in [0.3, 0.4) is 0 Å². The van der Waals surface area contributed by atoms with Crippen molar-refractivity contribution in [1.29, 1.82) is 0 Å². The van der Waals surface area contributed by atoms with E-state index in [1.807, 2.05) is 11.8 Å². The maximum atomic E-state index is 3.53. The lowest BCUT2D eigenvalue weighted by Crippen LogP contribution is -2.30. The van der Waals surface area contributed by atoms with Crippen LogP contribution in [0.4, 0.5) is 0 Å². The first-order valence-corrected chi connectivity index (χ1v) is 7.98. The fourth-order valence-corrected chi connectivity index (χ4v) is 3.19. The summed E-state index contributed by atoms with van der Waals surface area (Å²) in [4.78, 5) is 4.00. The summed E-state index contributed by atoms with van der Waals surface area (Å²) in [7, 11) is 0. The van der Waals surface area contributed by atoms with Gasteiger partial charge in [0.25, 0.3) is 0 Å². The summed E-state index contributed by atoms with van der Waals surface area (Å²) < 4.78 is 0. The topological polar surface area (TPSA) is 3.24 Å². The van der Waals surface area contributed by atoms with Gasteiger partial charge in [-0.3, -0.25) is 4.90 Å². The second kappa shape index (κ2) is 6.67. The highest BCUT2D eigenvalue weighted by atomic mass is 79.9. The Morgan fingerprint density at radius 3 is 2.56 bits per heavy atom. The zero-order valence-electron chi connectivity index (χ0n) is 9.44. The molecule has 1 aromatic rings. The summed E-state index contributed by atoms with van der Waals surface area (Å²) in [6.07, 6.45) is 2.81. The monoisotopic (exact) mass is 299 g/mol. The summed E-state index contributed by atoms with van der Waals surface area (Å²) in [5.74, 6) is 1.20. The predicted molar refractivity (Wildman–Crippen MR) is 75.6 cm³/mol. The minimum absolute atomic E-state index is 0.883. The van der Waals surface area contributed by atoms with Gasteiger partial charge in [0.1, 0.15) is 0 Å². The Morgan fingerprint density at radius 1 is 1.19 bits per heavy atom. The summed E-state index contributed by atoms with van der Waals surface area (Å²) in [6.45, 7) is 2.41. The predicted octanol–water partition coefficient (Wildman–Crippen LogP) is 3.64. The van der Waals surface area contributed by atoms with Crippen LogP contribution in [0, 0.1) is 0 Å². The van der Waals surface area contributed by atoms with Crippen molar-refractivity contribution in [3.8, 4) is 0 Å². The zero-order chi connectivity index (χ0) is 11.2. The summed E-state index contributed by atoms with van der Waals surface area (Å²) in [6, 6.07) is 11.6. The number of halogens is 1. The van der Waals surface area contributed by atoms with Crippen LogP contribution in [-0.2, 0) is 0 Å². The van der Waals surface area contributed by atoms with Crippen molar-refractivity contribution in [3.05, 3.63) is 30.3 Å². The zero-order valence-corrected chi connectivity index (χ0v) is 11.8. The van der Waals surface area contributed by atoms with Gasteiger partial charge in [-0.05, 0) is 25.0 Å². The van der Waals surface area contributed by atoms with Crippen LogP contribution >= 0.6 is 27.7 Å². The van der Waals surface area contributed by atoms with E-state index in [9.17, 15) is 0 Å². The number of thioether (sulfide) groups is 1. The van der Waals surface area contributed by atoms with E-state index in [-0.39, 0.29) is 0 Å². The van der Waals surface area contributed by atoms with Gasteiger partial charge in [-0.2, -0.15) is 0 Å². The molecule has 1 aliphatic carbocycles. The van der Waals surface area contributed by atoms with E-state index in [0.717, 1.165) is 11.4 Å². The summed E-state index contributed by atoms with van der Waals surface area (Å²) in [5, 5.41) is 1.10. The Balaban J connectivity index is 1.70. The molecule has 1 aromatic carbocycles. The van der Waals surface area contributed by atoms with Crippen molar-refractivity contribution < 1.29 is 0 Å². The van der Waals surface area contributed by atoms with Gasteiger partial charge in [0.15, 0.2) is 0 Å². The fraction of sp³-hybridized carbons (Fsp3) is 0.538. The normalized spacial score (nSPS) is 15.6.